The van der Waals surface area contributed by atoms with Crippen molar-refractivity contribution in [1.29, 1.82) is 0 Å². The molecule has 0 saturated carbocycles. The summed E-state index contributed by atoms with van der Waals surface area (Å²) < 4.78 is 15.6. The summed E-state index contributed by atoms with van der Waals surface area (Å²) in [7, 11) is 0. The summed E-state index contributed by atoms with van der Waals surface area (Å²) in [5.41, 5.74) is 3.97. The van der Waals surface area contributed by atoms with E-state index in [1.54, 1.807) is 41.3 Å². The Bertz CT molecular complexity index is 1610. The highest BCUT2D eigenvalue weighted by atomic mass is 19.1. The van der Waals surface area contributed by atoms with Gasteiger partial charge in [-0.3, -0.25) is 19.3 Å². The van der Waals surface area contributed by atoms with Crippen molar-refractivity contribution in [2.45, 2.75) is 51.1 Å². The Kier molecular flexibility index (Phi) is 7.89. The highest BCUT2D eigenvalue weighted by Crippen LogP contribution is 2.33. The van der Waals surface area contributed by atoms with Gasteiger partial charge in [0.1, 0.15) is 6.04 Å². The number of fused-ring (bicyclic) bond motifs is 1. The molecule has 2 fully saturated rings. The van der Waals surface area contributed by atoms with E-state index in [9.17, 15) is 14.4 Å². The molecule has 2 amide bonds. The number of H-pyrrole nitrogens is 1. The number of carbonyl (C=O) groups is 3. The summed E-state index contributed by atoms with van der Waals surface area (Å²) in [6.07, 6.45) is 3.71. The molecule has 2 N–H and O–H groups in total. The van der Waals surface area contributed by atoms with Gasteiger partial charge in [0.25, 0.3) is 0 Å². The van der Waals surface area contributed by atoms with E-state index >= 15 is 4.39 Å². The molecule has 2 aliphatic rings. The number of Topliss-reactive ketones (excluding diaryl/α,β-unsaturated/α-hetero) is 1. The number of hydrogen-bond donors (Lipinski definition) is 2. The highest BCUT2D eigenvalue weighted by Gasteiger charge is 2.40. The van der Waals surface area contributed by atoms with Gasteiger partial charge in [0, 0.05) is 42.0 Å². The van der Waals surface area contributed by atoms with Crippen molar-refractivity contribution in [3.8, 4) is 11.3 Å². The van der Waals surface area contributed by atoms with E-state index in [4.69, 9.17) is 0 Å². The van der Waals surface area contributed by atoms with Crippen LogP contribution in [0.5, 0.6) is 0 Å². The lowest BCUT2D eigenvalue weighted by Gasteiger charge is -2.33. The van der Waals surface area contributed by atoms with Crippen molar-refractivity contribution in [1.82, 2.24) is 14.8 Å². The zero-order valence-electron chi connectivity index (χ0n) is 23.7. The molecule has 8 heteroatoms. The van der Waals surface area contributed by atoms with E-state index in [1.165, 1.54) is 6.92 Å². The van der Waals surface area contributed by atoms with Crippen LogP contribution in [-0.2, 0) is 20.8 Å². The number of aromatic nitrogens is 1. The van der Waals surface area contributed by atoms with Crippen molar-refractivity contribution >= 4 is 34.2 Å². The molecule has 2 aliphatic heterocycles. The molecule has 0 radical (unpaired) electrons. The molecule has 42 heavy (non-hydrogen) atoms. The van der Waals surface area contributed by atoms with Crippen molar-refractivity contribution < 1.29 is 18.8 Å². The number of rotatable bonds is 8. The van der Waals surface area contributed by atoms with Crippen LogP contribution in [0.2, 0.25) is 0 Å². The average molecular weight is 567 g/mol. The van der Waals surface area contributed by atoms with Gasteiger partial charge in [0.2, 0.25) is 11.8 Å². The number of benzene rings is 3. The second-order valence-electron chi connectivity index (χ2n) is 11.3. The molecule has 3 aromatic carbocycles. The number of halogens is 1. The van der Waals surface area contributed by atoms with E-state index < -0.39 is 6.04 Å². The summed E-state index contributed by atoms with van der Waals surface area (Å²) >= 11 is 0. The lowest BCUT2D eigenvalue weighted by atomic mass is 9.99. The summed E-state index contributed by atoms with van der Waals surface area (Å²) in [4.78, 5) is 46.1. The fourth-order valence-corrected chi connectivity index (χ4v) is 6.42. The van der Waals surface area contributed by atoms with Crippen molar-refractivity contribution in [3.05, 3.63) is 89.7 Å². The van der Waals surface area contributed by atoms with Gasteiger partial charge in [0.15, 0.2) is 11.6 Å². The number of anilines is 1. The Morgan fingerprint density at radius 2 is 1.69 bits per heavy atom. The number of nitrogens with zero attached hydrogens (tertiary/aromatic N) is 2. The Balaban J connectivity index is 1.20. The molecular weight excluding hydrogens is 531 g/mol. The average Bonchev–Trinajstić information content (AvgIpc) is 3.75. The first-order valence-corrected chi connectivity index (χ1v) is 14.7. The van der Waals surface area contributed by atoms with Crippen molar-refractivity contribution in [2.75, 3.05) is 25.0 Å². The number of nitrogens with one attached hydrogen (secondary N) is 2. The Labute approximate surface area is 244 Å². The van der Waals surface area contributed by atoms with Gasteiger partial charge in [-0.05, 0) is 74.2 Å². The molecule has 0 bridgehead atoms. The molecule has 2 saturated heterocycles. The molecule has 2 atom stereocenters. The largest absolute Gasteiger partial charge is 0.352 e. The first-order chi connectivity index (χ1) is 20.4. The Morgan fingerprint density at radius 1 is 0.952 bits per heavy atom. The van der Waals surface area contributed by atoms with Gasteiger partial charge in [-0.2, -0.15) is 0 Å². The standard InChI is InChI=1S/C34H35FN4O3/c1-22(40)36-26-14-12-24(13-15-26)32-31(35)27-20-23(11-16-28(27)37-32)21-30(41)29-10-7-19-39(29)34(42)33(38-17-5-6-18-38)25-8-3-2-4-9-25/h2-4,8-9,11-16,20,29,33,37H,5-7,10,17-19,21H2,1H3,(H,36,40)/t29-,33+/m0/s1. The minimum atomic E-state index is -0.476. The van der Waals surface area contributed by atoms with Gasteiger partial charge in [-0.15, -0.1) is 0 Å². The lowest BCUT2D eigenvalue weighted by molar-refractivity contribution is -0.142. The van der Waals surface area contributed by atoms with Gasteiger partial charge >= 0.3 is 0 Å². The second-order valence-corrected chi connectivity index (χ2v) is 11.3. The fourth-order valence-electron chi connectivity index (χ4n) is 6.42. The predicted octanol–water partition coefficient (Wildman–Crippen LogP) is 5.87. The van der Waals surface area contributed by atoms with E-state index in [1.807, 2.05) is 36.4 Å². The van der Waals surface area contributed by atoms with E-state index in [2.05, 4.69) is 15.2 Å². The van der Waals surface area contributed by atoms with Crippen LogP contribution in [0.15, 0.2) is 72.8 Å². The van der Waals surface area contributed by atoms with Crippen LogP contribution in [-0.4, -0.2) is 58.1 Å². The van der Waals surface area contributed by atoms with Crippen LogP contribution in [0.3, 0.4) is 0 Å². The minimum absolute atomic E-state index is 0.000226. The Morgan fingerprint density at radius 3 is 2.40 bits per heavy atom. The molecule has 0 spiro atoms. The maximum absolute atomic E-state index is 15.6. The van der Waals surface area contributed by atoms with Gasteiger partial charge in [-0.1, -0.05) is 48.5 Å². The first kappa shape index (κ1) is 27.8. The topological polar surface area (TPSA) is 85.5 Å². The molecule has 0 unspecified atom stereocenters. The van der Waals surface area contributed by atoms with Gasteiger partial charge in [0.05, 0.1) is 11.7 Å². The van der Waals surface area contributed by atoms with Crippen molar-refractivity contribution in [3.63, 3.8) is 0 Å². The van der Waals surface area contributed by atoms with Crippen LogP contribution >= 0.6 is 0 Å². The molecule has 1 aromatic heterocycles. The molecule has 6 rings (SSSR count). The normalized spacial score (nSPS) is 18.0. The van der Waals surface area contributed by atoms with E-state index in [0.29, 0.717) is 40.8 Å². The number of carbonyl (C=O) groups excluding carboxylic acids is 3. The smallest absolute Gasteiger partial charge is 0.245 e. The fraction of sp³-hybridized carbons (Fsp3) is 0.324. The predicted molar refractivity (Wildman–Crippen MR) is 161 cm³/mol. The summed E-state index contributed by atoms with van der Waals surface area (Å²) in [6.45, 7) is 3.76. The molecule has 0 aliphatic carbocycles. The van der Waals surface area contributed by atoms with E-state index in [-0.39, 0.29) is 35.9 Å². The third kappa shape index (κ3) is 5.59. The monoisotopic (exact) mass is 566 g/mol. The lowest BCUT2D eigenvalue weighted by Crippen LogP contribution is -2.47. The third-order valence-electron chi connectivity index (χ3n) is 8.43. The first-order valence-electron chi connectivity index (χ1n) is 14.7. The zero-order valence-corrected chi connectivity index (χ0v) is 23.7. The van der Waals surface area contributed by atoms with Gasteiger partial charge in [-0.25, -0.2) is 4.39 Å². The van der Waals surface area contributed by atoms with Crippen molar-refractivity contribution in [2.24, 2.45) is 0 Å². The van der Waals surface area contributed by atoms with Crippen LogP contribution in [0, 0.1) is 5.82 Å². The van der Waals surface area contributed by atoms with Crippen LogP contribution in [0.4, 0.5) is 10.1 Å². The Hall–Kier alpha value is -4.30. The van der Waals surface area contributed by atoms with Gasteiger partial charge < -0.3 is 15.2 Å². The maximum Gasteiger partial charge on any atom is 0.245 e. The molecule has 4 aromatic rings. The summed E-state index contributed by atoms with van der Waals surface area (Å²) in [6, 6.07) is 21.3. The zero-order chi connectivity index (χ0) is 29.2. The number of aromatic amines is 1. The summed E-state index contributed by atoms with van der Waals surface area (Å²) in [5, 5.41) is 3.13. The molecule has 7 nitrogen and oxygen atoms in total. The highest BCUT2D eigenvalue weighted by molar-refractivity contribution is 5.94. The molecule has 216 valence electrons. The van der Waals surface area contributed by atoms with E-state index in [0.717, 1.165) is 43.5 Å². The number of likely N-dealkylation sites (tertiary alicyclic amines) is 2. The SMILES string of the molecule is CC(=O)Nc1ccc(-c2[nH]c3ccc(CC(=O)[C@@H]4CCCN4C(=O)[C@@H](c4ccccc4)N4CCCC4)cc3c2F)cc1. The number of hydrogen-bond acceptors (Lipinski definition) is 4. The van der Waals surface area contributed by atoms with Crippen LogP contribution in [0.25, 0.3) is 22.2 Å². The third-order valence-corrected chi connectivity index (χ3v) is 8.43. The quantitative estimate of drug-likeness (QED) is 0.279. The molecular formula is C34H35FN4O3. The van der Waals surface area contributed by atoms with Crippen LogP contribution in [0.1, 0.15) is 49.8 Å². The van der Waals surface area contributed by atoms with Crippen LogP contribution < -0.4 is 5.32 Å². The molecule has 3 heterocycles. The summed E-state index contributed by atoms with van der Waals surface area (Å²) in [5.74, 6) is -0.576. The number of ketones is 1. The maximum atomic E-state index is 15.6. The second kappa shape index (κ2) is 11.9. The number of amides is 2. The minimum Gasteiger partial charge on any atom is -0.352 e.